The Morgan fingerprint density at radius 1 is 1.33 bits per heavy atom. The van der Waals surface area contributed by atoms with Gasteiger partial charge in [0.1, 0.15) is 12.4 Å². The Balaban J connectivity index is 2.76. The van der Waals surface area contributed by atoms with Crippen molar-refractivity contribution >= 4 is 20.2 Å². The summed E-state index contributed by atoms with van der Waals surface area (Å²) in [4.78, 5) is 25.5. The van der Waals surface area contributed by atoms with Crippen molar-refractivity contribution in [2.75, 3.05) is 19.8 Å². The summed E-state index contributed by atoms with van der Waals surface area (Å²) in [6.45, 7) is 17.4. The lowest BCUT2D eigenvalue weighted by Crippen LogP contribution is -2.46. The first-order valence-corrected chi connectivity index (χ1v) is 11.6. The molecule has 0 spiro atoms. The lowest BCUT2D eigenvalue weighted by Gasteiger charge is -2.37. The largest absolute Gasteiger partial charge is 0.445 e. The van der Waals surface area contributed by atoms with E-state index in [0.29, 0.717) is 19.6 Å². The van der Waals surface area contributed by atoms with Crippen molar-refractivity contribution in [3.63, 3.8) is 0 Å². The van der Waals surface area contributed by atoms with Gasteiger partial charge in [0.25, 0.3) is 0 Å². The molecule has 0 N–H and O–H groups in total. The predicted molar refractivity (Wildman–Crippen MR) is 98.6 cm³/mol. The summed E-state index contributed by atoms with van der Waals surface area (Å²) < 4.78 is 11.5. The minimum atomic E-state index is -1.88. The van der Waals surface area contributed by atoms with Crippen LogP contribution in [0.15, 0.2) is 12.7 Å². The van der Waals surface area contributed by atoms with E-state index in [1.165, 1.54) is 0 Å². The van der Waals surface area contributed by atoms with Gasteiger partial charge in [-0.1, -0.05) is 33.4 Å². The molecule has 0 aromatic carbocycles. The zero-order valence-electron chi connectivity index (χ0n) is 16.1. The van der Waals surface area contributed by atoms with Crippen LogP contribution in [0, 0.1) is 5.92 Å². The van der Waals surface area contributed by atoms with Crippen molar-refractivity contribution in [3.05, 3.63) is 12.7 Å². The molecule has 2 atom stereocenters. The van der Waals surface area contributed by atoms with Crippen molar-refractivity contribution in [2.45, 2.75) is 64.7 Å². The number of likely N-dealkylation sites (tertiary alicyclic amines) is 1. The fourth-order valence-corrected chi connectivity index (χ4v) is 3.73. The second-order valence-electron chi connectivity index (χ2n) is 8.25. The van der Waals surface area contributed by atoms with E-state index >= 15 is 0 Å². The first-order chi connectivity index (χ1) is 11.0. The molecule has 0 bridgehead atoms. The molecule has 0 saturated carbocycles. The Morgan fingerprint density at radius 3 is 2.46 bits per heavy atom. The van der Waals surface area contributed by atoms with E-state index in [1.54, 1.807) is 17.9 Å². The molecule has 1 aliphatic rings. The molecular weight excluding hydrogens is 322 g/mol. The van der Waals surface area contributed by atoms with Gasteiger partial charge < -0.3 is 18.9 Å². The van der Waals surface area contributed by atoms with Gasteiger partial charge in [0.2, 0.25) is 0 Å². The number of amides is 1. The van der Waals surface area contributed by atoms with Gasteiger partial charge in [0.15, 0.2) is 8.32 Å². The number of ether oxygens (including phenoxy) is 1. The highest BCUT2D eigenvalue weighted by Crippen LogP contribution is 2.37. The van der Waals surface area contributed by atoms with E-state index in [1.807, 2.05) is 0 Å². The van der Waals surface area contributed by atoms with Crippen molar-refractivity contribution < 1.29 is 18.8 Å². The second-order valence-corrected chi connectivity index (χ2v) is 13.1. The van der Waals surface area contributed by atoms with Crippen LogP contribution in [-0.4, -0.2) is 50.9 Å². The van der Waals surface area contributed by atoms with Crippen LogP contribution >= 0.6 is 0 Å². The third-order valence-electron chi connectivity index (χ3n) is 5.08. The quantitative estimate of drug-likeness (QED) is 0.511. The molecule has 24 heavy (non-hydrogen) atoms. The summed E-state index contributed by atoms with van der Waals surface area (Å²) in [5, 5.41) is 0.124. The van der Waals surface area contributed by atoms with Crippen LogP contribution in [0.3, 0.4) is 0 Å². The smallest absolute Gasteiger partial charge is 0.410 e. The van der Waals surface area contributed by atoms with E-state index in [4.69, 9.17) is 9.16 Å². The predicted octanol–water partition coefficient (Wildman–Crippen LogP) is 4.00. The molecule has 0 aromatic heterocycles. The molecule has 1 amide bonds. The summed E-state index contributed by atoms with van der Waals surface area (Å²) >= 11 is 0. The minimum absolute atomic E-state index is 0.0270. The molecule has 1 saturated heterocycles. The fraction of sp³-hybridized carbons (Fsp3) is 0.778. The lowest BCUT2D eigenvalue weighted by molar-refractivity contribution is -0.117. The van der Waals surface area contributed by atoms with Crippen LogP contribution in [0.2, 0.25) is 18.1 Å². The number of ketones is 1. The number of hydrogen-bond acceptors (Lipinski definition) is 4. The molecule has 1 rings (SSSR count). The molecule has 138 valence electrons. The summed E-state index contributed by atoms with van der Waals surface area (Å²) in [5.74, 6) is 0.345. The molecule has 1 heterocycles. The molecule has 6 heteroatoms. The Labute approximate surface area is 147 Å². The van der Waals surface area contributed by atoms with E-state index < -0.39 is 8.32 Å². The topological polar surface area (TPSA) is 55.8 Å². The molecular formula is C18H33NO4Si. The average molecular weight is 356 g/mol. The van der Waals surface area contributed by atoms with Gasteiger partial charge in [-0.05, 0) is 37.4 Å². The van der Waals surface area contributed by atoms with Crippen molar-refractivity contribution in [1.29, 1.82) is 0 Å². The van der Waals surface area contributed by atoms with Gasteiger partial charge in [-0.15, -0.1) is 0 Å². The highest BCUT2D eigenvalue weighted by molar-refractivity contribution is 6.74. The summed E-state index contributed by atoms with van der Waals surface area (Å²) in [6, 6.07) is -0.0270. The minimum Gasteiger partial charge on any atom is -0.445 e. The van der Waals surface area contributed by atoms with Gasteiger partial charge in [-0.2, -0.15) is 0 Å². The van der Waals surface area contributed by atoms with Crippen LogP contribution in [0.5, 0.6) is 0 Å². The number of Topliss-reactive ketones (excluding diaryl/α,β-unsaturated/α-hetero) is 1. The zero-order chi connectivity index (χ0) is 18.5. The molecule has 0 unspecified atom stereocenters. The second kappa shape index (κ2) is 8.29. The SMILES string of the molecule is C=CCOC(=O)N1C[C@@H](CC(C)=O)C[C@H]1CO[Si](C)(C)C(C)(C)C. The highest BCUT2D eigenvalue weighted by Gasteiger charge is 2.41. The van der Waals surface area contributed by atoms with Crippen LogP contribution in [0.4, 0.5) is 4.79 Å². The third kappa shape index (κ3) is 5.74. The van der Waals surface area contributed by atoms with Crippen molar-refractivity contribution in [2.24, 2.45) is 5.92 Å². The van der Waals surface area contributed by atoms with E-state index in [2.05, 4.69) is 40.4 Å². The summed E-state index contributed by atoms with van der Waals surface area (Å²) in [7, 11) is -1.88. The molecule has 0 aliphatic carbocycles. The van der Waals surface area contributed by atoms with E-state index in [9.17, 15) is 9.59 Å². The standard InChI is InChI=1S/C18H33NO4Si/c1-8-9-22-17(21)19-12-15(10-14(2)20)11-16(19)13-23-24(6,7)18(3,4)5/h8,15-16H,1,9-13H2,2-7H3/t15-,16-/m0/s1. The Kier molecular flexibility index (Phi) is 7.22. The number of carbonyl (C=O) groups excluding carboxylic acids is 2. The molecule has 0 aromatic rings. The van der Waals surface area contributed by atoms with Gasteiger partial charge in [-0.3, -0.25) is 0 Å². The Bertz CT molecular complexity index is 470. The third-order valence-corrected chi connectivity index (χ3v) is 9.58. The molecule has 1 fully saturated rings. The lowest BCUT2D eigenvalue weighted by atomic mass is 10.0. The molecule has 1 aliphatic heterocycles. The Hall–Kier alpha value is -1.14. The first-order valence-electron chi connectivity index (χ1n) is 8.65. The summed E-state index contributed by atoms with van der Waals surface area (Å²) in [6.07, 6.45) is 2.51. The number of nitrogens with zero attached hydrogens (tertiary/aromatic N) is 1. The molecule has 5 nitrogen and oxygen atoms in total. The maximum absolute atomic E-state index is 12.3. The van der Waals surface area contributed by atoms with Crippen LogP contribution < -0.4 is 0 Å². The first kappa shape index (κ1) is 20.9. The van der Waals surface area contributed by atoms with Crippen molar-refractivity contribution in [3.8, 4) is 0 Å². The molecule has 0 radical (unpaired) electrons. The van der Waals surface area contributed by atoms with Crippen molar-refractivity contribution in [1.82, 2.24) is 4.90 Å². The van der Waals surface area contributed by atoms with Crippen LogP contribution in [-0.2, 0) is 14.0 Å². The van der Waals surface area contributed by atoms with E-state index in [-0.39, 0.29) is 35.5 Å². The number of rotatable bonds is 7. The maximum atomic E-state index is 12.3. The zero-order valence-corrected chi connectivity index (χ0v) is 17.1. The maximum Gasteiger partial charge on any atom is 0.410 e. The average Bonchev–Trinajstić information content (AvgIpc) is 2.83. The fourth-order valence-electron chi connectivity index (χ4n) is 2.68. The van der Waals surface area contributed by atoms with E-state index in [0.717, 1.165) is 6.42 Å². The van der Waals surface area contributed by atoms with Gasteiger partial charge in [0.05, 0.1) is 12.6 Å². The normalized spacial score (nSPS) is 21.7. The van der Waals surface area contributed by atoms with Gasteiger partial charge in [-0.25, -0.2) is 4.79 Å². The highest BCUT2D eigenvalue weighted by atomic mass is 28.4. The monoisotopic (exact) mass is 355 g/mol. The Morgan fingerprint density at radius 2 is 1.96 bits per heavy atom. The van der Waals surface area contributed by atoms with Gasteiger partial charge >= 0.3 is 6.09 Å². The van der Waals surface area contributed by atoms with Gasteiger partial charge in [0, 0.05) is 13.0 Å². The van der Waals surface area contributed by atoms with Crippen LogP contribution in [0.1, 0.15) is 40.5 Å². The van der Waals surface area contributed by atoms with Crippen LogP contribution in [0.25, 0.3) is 0 Å². The number of hydrogen-bond donors (Lipinski definition) is 0. The number of carbonyl (C=O) groups is 2. The summed E-state index contributed by atoms with van der Waals surface area (Å²) in [5.41, 5.74) is 0.